The van der Waals surface area contributed by atoms with Crippen LogP contribution in [-0.4, -0.2) is 23.9 Å². The van der Waals surface area contributed by atoms with Crippen LogP contribution in [0, 0.1) is 0 Å². The number of benzene rings is 3. The first-order valence-corrected chi connectivity index (χ1v) is 8.13. The minimum atomic E-state index is -4.79. The van der Waals surface area contributed by atoms with E-state index in [0.717, 1.165) is 22.9 Å². The van der Waals surface area contributed by atoms with Crippen LogP contribution in [0.3, 0.4) is 0 Å². The average Bonchev–Trinajstić information content (AvgIpc) is 2.64. The quantitative estimate of drug-likeness (QED) is 0.703. The Morgan fingerprint density at radius 2 is 1.67 bits per heavy atom. The lowest BCUT2D eigenvalue weighted by Gasteiger charge is -2.15. The molecule has 2 N–H and O–H groups in total. The minimum Gasteiger partial charge on any atom is -0.406 e. The fraction of sp³-hybridized carbons (Fsp3) is 0.150. The molecular formula is C20H16F3NO3. The maximum absolute atomic E-state index is 12.2. The molecule has 1 amide bonds. The van der Waals surface area contributed by atoms with E-state index in [1.54, 1.807) is 6.07 Å². The van der Waals surface area contributed by atoms with Gasteiger partial charge in [0.25, 0.3) is 5.91 Å². The number of alkyl halides is 3. The van der Waals surface area contributed by atoms with Crippen molar-refractivity contribution in [3.8, 4) is 5.75 Å². The van der Waals surface area contributed by atoms with E-state index in [1.807, 2.05) is 36.4 Å². The summed E-state index contributed by atoms with van der Waals surface area (Å²) in [6.45, 7) is -0.0341. The summed E-state index contributed by atoms with van der Waals surface area (Å²) in [5, 5.41) is 14.9. The Bertz CT molecular complexity index is 934. The summed E-state index contributed by atoms with van der Waals surface area (Å²) in [5.74, 6) is -0.914. The number of rotatable bonds is 5. The summed E-state index contributed by atoms with van der Waals surface area (Å²) in [6.07, 6.45) is -5.71. The van der Waals surface area contributed by atoms with Gasteiger partial charge in [0, 0.05) is 12.1 Å². The first kappa shape index (κ1) is 18.7. The zero-order chi connectivity index (χ0) is 19.4. The molecular weight excluding hydrogens is 359 g/mol. The molecule has 0 heterocycles. The zero-order valence-corrected chi connectivity index (χ0v) is 14.0. The minimum absolute atomic E-state index is 0.0341. The molecule has 0 aromatic heterocycles. The number of aliphatic hydroxyl groups is 1. The lowest BCUT2D eigenvalue weighted by Crippen LogP contribution is -2.28. The highest BCUT2D eigenvalue weighted by atomic mass is 19.4. The topological polar surface area (TPSA) is 58.6 Å². The smallest absolute Gasteiger partial charge is 0.406 e. The van der Waals surface area contributed by atoms with Crippen molar-refractivity contribution in [1.82, 2.24) is 5.32 Å². The third kappa shape index (κ3) is 4.77. The number of halogens is 3. The fourth-order valence-electron chi connectivity index (χ4n) is 2.75. The summed E-state index contributed by atoms with van der Waals surface area (Å²) in [7, 11) is 0. The zero-order valence-electron chi connectivity index (χ0n) is 14.0. The van der Waals surface area contributed by atoms with Crippen LogP contribution in [0.4, 0.5) is 13.2 Å². The Morgan fingerprint density at radius 3 is 2.37 bits per heavy atom. The van der Waals surface area contributed by atoms with Crippen LogP contribution >= 0.6 is 0 Å². The molecule has 0 fully saturated rings. The summed E-state index contributed by atoms with van der Waals surface area (Å²) < 4.78 is 40.2. The number of amides is 1. The molecule has 3 rings (SSSR count). The molecule has 0 unspecified atom stereocenters. The summed E-state index contributed by atoms with van der Waals surface area (Å²) >= 11 is 0. The molecule has 0 aliphatic carbocycles. The highest BCUT2D eigenvalue weighted by molar-refractivity contribution is 5.94. The summed E-state index contributed by atoms with van der Waals surface area (Å²) in [6, 6.07) is 17.7. The van der Waals surface area contributed by atoms with Crippen LogP contribution in [0.15, 0.2) is 66.7 Å². The van der Waals surface area contributed by atoms with Crippen molar-refractivity contribution in [2.45, 2.75) is 12.5 Å². The molecule has 0 aliphatic rings. The molecule has 0 bridgehead atoms. The van der Waals surface area contributed by atoms with Gasteiger partial charge in [-0.1, -0.05) is 42.5 Å². The molecule has 0 radical (unpaired) electrons. The first-order valence-electron chi connectivity index (χ1n) is 8.13. The van der Waals surface area contributed by atoms with Crippen LogP contribution in [0.2, 0.25) is 0 Å². The van der Waals surface area contributed by atoms with Crippen molar-refractivity contribution >= 4 is 16.7 Å². The summed E-state index contributed by atoms with van der Waals surface area (Å²) in [4.78, 5) is 12.2. The van der Waals surface area contributed by atoms with E-state index in [4.69, 9.17) is 0 Å². The second-order valence-electron chi connectivity index (χ2n) is 5.87. The SMILES string of the molecule is O=C(NC[C@H](O)c1cccc2ccccc12)c1ccc(OC(F)(F)F)cc1. The van der Waals surface area contributed by atoms with Crippen molar-refractivity contribution in [1.29, 1.82) is 0 Å². The van der Waals surface area contributed by atoms with Gasteiger partial charge >= 0.3 is 6.36 Å². The lowest BCUT2D eigenvalue weighted by atomic mass is 10.0. The molecule has 140 valence electrons. The van der Waals surface area contributed by atoms with Gasteiger partial charge in [0.05, 0.1) is 6.10 Å². The Hall–Kier alpha value is -3.06. The monoisotopic (exact) mass is 375 g/mol. The second-order valence-corrected chi connectivity index (χ2v) is 5.87. The lowest BCUT2D eigenvalue weighted by molar-refractivity contribution is -0.274. The van der Waals surface area contributed by atoms with Crippen molar-refractivity contribution in [2.75, 3.05) is 6.54 Å². The fourth-order valence-corrected chi connectivity index (χ4v) is 2.75. The van der Waals surface area contributed by atoms with Gasteiger partial charge in [-0.2, -0.15) is 0 Å². The number of ether oxygens (including phenoxy) is 1. The Labute approximate surface area is 153 Å². The Kier molecular flexibility index (Phi) is 5.32. The maximum atomic E-state index is 12.2. The Morgan fingerprint density at radius 1 is 1.00 bits per heavy atom. The standard InChI is InChI=1S/C20H16F3NO3/c21-20(22,23)27-15-10-8-14(9-11-15)19(26)24-12-18(25)17-7-3-5-13-4-1-2-6-16(13)17/h1-11,18,25H,12H2,(H,24,26)/t18-/m0/s1. The van der Waals surface area contributed by atoms with E-state index in [0.29, 0.717) is 5.56 Å². The van der Waals surface area contributed by atoms with E-state index in [9.17, 15) is 23.1 Å². The molecule has 1 atom stereocenters. The number of hydrogen-bond donors (Lipinski definition) is 2. The third-order valence-electron chi connectivity index (χ3n) is 3.99. The van der Waals surface area contributed by atoms with Gasteiger partial charge in [-0.05, 0) is 40.6 Å². The molecule has 3 aromatic rings. The number of carbonyl (C=O) groups is 1. The van der Waals surface area contributed by atoms with Crippen LogP contribution in [-0.2, 0) is 0 Å². The van der Waals surface area contributed by atoms with Gasteiger partial charge < -0.3 is 15.2 Å². The average molecular weight is 375 g/mol. The third-order valence-corrected chi connectivity index (χ3v) is 3.99. The van der Waals surface area contributed by atoms with E-state index in [1.165, 1.54) is 12.1 Å². The van der Waals surface area contributed by atoms with E-state index in [-0.39, 0.29) is 12.1 Å². The Balaban J connectivity index is 1.64. The predicted octanol–water partition coefficient (Wildman–Crippen LogP) is 4.20. The van der Waals surface area contributed by atoms with Crippen molar-refractivity contribution in [2.24, 2.45) is 0 Å². The largest absolute Gasteiger partial charge is 0.573 e. The number of fused-ring (bicyclic) bond motifs is 1. The van der Waals surface area contributed by atoms with Gasteiger partial charge in [-0.25, -0.2) is 0 Å². The summed E-state index contributed by atoms with van der Waals surface area (Å²) in [5.41, 5.74) is 0.844. The molecule has 0 spiro atoms. The first-order chi connectivity index (χ1) is 12.8. The van der Waals surface area contributed by atoms with Gasteiger partial charge in [0.1, 0.15) is 5.75 Å². The molecule has 27 heavy (non-hydrogen) atoms. The van der Waals surface area contributed by atoms with Gasteiger partial charge in [0.15, 0.2) is 0 Å². The maximum Gasteiger partial charge on any atom is 0.573 e. The van der Waals surface area contributed by atoms with Crippen molar-refractivity contribution < 1.29 is 27.8 Å². The number of nitrogens with one attached hydrogen (secondary N) is 1. The molecule has 4 nitrogen and oxygen atoms in total. The van der Waals surface area contributed by atoms with Crippen LogP contribution in [0.25, 0.3) is 10.8 Å². The van der Waals surface area contributed by atoms with Gasteiger partial charge in [0.2, 0.25) is 0 Å². The normalized spacial score (nSPS) is 12.6. The van der Waals surface area contributed by atoms with Crippen LogP contribution in [0.1, 0.15) is 22.0 Å². The predicted molar refractivity (Wildman–Crippen MR) is 94.4 cm³/mol. The highest BCUT2D eigenvalue weighted by Crippen LogP contribution is 2.24. The molecule has 0 aliphatic heterocycles. The van der Waals surface area contributed by atoms with Crippen molar-refractivity contribution in [3.63, 3.8) is 0 Å². The number of carbonyl (C=O) groups excluding carboxylic acids is 1. The van der Waals surface area contributed by atoms with Gasteiger partial charge in [-0.3, -0.25) is 4.79 Å². The number of hydrogen-bond acceptors (Lipinski definition) is 3. The number of aliphatic hydroxyl groups excluding tert-OH is 1. The molecule has 7 heteroatoms. The van der Waals surface area contributed by atoms with E-state index >= 15 is 0 Å². The highest BCUT2D eigenvalue weighted by Gasteiger charge is 2.31. The van der Waals surface area contributed by atoms with Crippen molar-refractivity contribution in [3.05, 3.63) is 77.9 Å². The second kappa shape index (κ2) is 7.67. The van der Waals surface area contributed by atoms with Gasteiger partial charge in [-0.15, -0.1) is 13.2 Å². The van der Waals surface area contributed by atoms with Crippen LogP contribution < -0.4 is 10.1 Å². The molecule has 3 aromatic carbocycles. The molecule has 0 saturated heterocycles. The van der Waals surface area contributed by atoms with E-state index < -0.39 is 24.1 Å². The van der Waals surface area contributed by atoms with Crippen LogP contribution in [0.5, 0.6) is 5.75 Å². The van der Waals surface area contributed by atoms with E-state index in [2.05, 4.69) is 10.1 Å². The molecule has 0 saturated carbocycles.